The average molecular weight is 271 g/mol. The van der Waals surface area contributed by atoms with E-state index in [9.17, 15) is 0 Å². The first-order chi connectivity index (χ1) is 7.13. The lowest BCUT2D eigenvalue weighted by Gasteiger charge is -2.41. The number of hydrogen-bond acceptors (Lipinski definition) is 4. The van der Waals surface area contributed by atoms with Crippen LogP contribution in [-0.2, 0) is 0 Å². The predicted molar refractivity (Wildman–Crippen MR) is 64.0 cm³/mol. The molecule has 0 aliphatic carbocycles. The summed E-state index contributed by atoms with van der Waals surface area (Å²) in [7, 11) is 0. The Morgan fingerprint density at radius 3 is 2.73 bits per heavy atom. The summed E-state index contributed by atoms with van der Waals surface area (Å²) in [6, 6.07) is 0.440. The van der Waals surface area contributed by atoms with Crippen LogP contribution < -0.4 is 10.6 Å². The Balaban J connectivity index is 2.35. The number of nitrogens with two attached hydrogens (primary N) is 1. The molecule has 1 aliphatic heterocycles. The Kier molecular flexibility index (Phi) is 2.93. The zero-order chi connectivity index (χ0) is 11.0. The highest BCUT2D eigenvalue weighted by Crippen LogP contribution is 2.32. The summed E-state index contributed by atoms with van der Waals surface area (Å²) in [4.78, 5) is 11.0. The second-order valence-corrected chi connectivity index (χ2v) is 4.66. The van der Waals surface area contributed by atoms with Gasteiger partial charge in [0.25, 0.3) is 0 Å². The van der Waals surface area contributed by atoms with Gasteiger partial charge in [0, 0.05) is 19.1 Å². The maximum absolute atomic E-state index is 5.69. The zero-order valence-electron chi connectivity index (χ0n) is 9.00. The maximum Gasteiger partial charge on any atom is 0.147 e. The van der Waals surface area contributed by atoms with E-state index in [1.807, 2.05) is 13.8 Å². The normalized spacial score (nSPS) is 20.3. The molecule has 1 unspecified atom stereocenters. The minimum absolute atomic E-state index is 0.440. The number of rotatable bonds is 2. The van der Waals surface area contributed by atoms with E-state index in [1.165, 1.54) is 0 Å². The van der Waals surface area contributed by atoms with Gasteiger partial charge in [-0.1, -0.05) is 0 Å². The Bertz CT molecular complexity index is 378. The number of anilines is 1. The van der Waals surface area contributed by atoms with Crippen molar-refractivity contribution < 1.29 is 0 Å². The predicted octanol–water partition coefficient (Wildman–Crippen LogP) is 1.39. The number of aryl methyl sites for hydroxylation is 2. The van der Waals surface area contributed by atoms with Crippen molar-refractivity contribution in [3.8, 4) is 0 Å². The lowest BCUT2D eigenvalue weighted by Crippen LogP contribution is -2.52. The molecule has 1 aromatic heterocycles. The van der Waals surface area contributed by atoms with Gasteiger partial charge in [-0.05, 0) is 36.2 Å². The molecule has 0 radical (unpaired) electrons. The minimum atomic E-state index is 0.440. The molecule has 5 heteroatoms. The summed E-state index contributed by atoms with van der Waals surface area (Å²) in [5.41, 5.74) is 6.67. The molecule has 0 saturated carbocycles. The van der Waals surface area contributed by atoms with E-state index in [0.29, 0.717) is 12.6 Å². The van der Waals surface area contributed by atoms with Crippen molar-refractivity contribution in [2.24, 2.45) is 5.73 Å². The van der Waals surface area contributed by atoms with Crippen molar-refractivity contribution in [1.82, 2.24) is 9.97 Å². The van der Waals surface area contributed by atoms with Crippen LogP contribution in [0.15, 0.2) is 4.47 Å². The van der Waals surface area contributed by atoms with Crippen LogP contribution in [0.2, 0.25) is 0 Å². The van der Waals surface area contributed by atoms with E-state index in [4.69, 9.17) is 5.73 Å². The van der Waals surface area contributed by atoms with Crippen LogP contribution in [0.1, 0.15) is 17.9 Å². The third-order valence-electron chi connectivity index (χ3n) is 2.80. The molecular formula is C10H15BrN4. The Morgan fingerprint density at radius 1 is 1.47 bits per heavy atom. The third kappa shape index (κ3) is 1.86. The van der Waals surface area contributed by atoms with E-state index < -0.39 is 0 Å². The standard InChI is InChI=1S/C10H15BrN4/c1-6-9(11)10(14-7(2)13-6)15-4-3-8(15)5-12/h8H,3-5,12H2,1-2H3. The van der Waals surface area contributed by atoms with Gasteiger partial charge >= 0.3 is 0 Å². The van der Waals surface area contributed by atoms with Crippen molar-refractivity contribution >= 4 is 21.7 Å². The smallest absolute Gasteiger partial charge is 0.147 e. The molecular weight excluding hydrogens is 256 g/mol. The van der Waals surface area contributed by atoms with E-state index in [2.05, 4.69) is 30.8 Å². The van der Waals surface area contributed by atoms with Crippen LogP contribution in [0, 0.1) is 13.8 Å². The van der Waals surface area contributed by atoms with Gasteiger partial charge in [-0.25, -0.2) is 9.97 Å². The van der Waals surface area contributed by atoms with Gasteiger partial charge in [0.05, 0.1) is 10.2 Å². The second-order valence-electron chi connectivity index (χ2n) is 3.87. The topological polar surface area (TPSA) is 55.0 Å². The van der Waals surface area contributed by atoms with E-state index in [-0.39, 0.29) is 0 Å². The highest BCUT2D eigenvalue weighted by atomic mass is 79.9. The number of halogens is 1. The quantitative estimate of drug-likeness (QED) is 0.883. The largest absolute Gasteiger partial charge is 0.351 e. The second kappa shape index (κ2) is 4.06. The van der Waals surface area contributed by atoms with E-state index >= 15 is 0 Å². The van der Waals surface area contributed by atoms with Crippen LogP contribution in [0.3, 0.4) is 0 Å². The fourth-order valence-corrected chi connectivity index (χ4v) is 2.24. The first-order valence-electron chi connectivity index (χ1n) is 5.11. The fraction of sp³-hybridized carbons (Fsp3) is 0.600. The summed E-state index contributed by atoms with van der Waals surface area (Å²) < 4.78 is 0.992. The number of hydrogen-bond donors (Lipinski definition) is 1. The van der Waals surface area contributed by atoms with Gasteiger partial charge in [0.15, 0.2) is 0 Å². The van der Waals surface area contributed by atoms with Gasteiger partial charge < -0.3 is 10.6 Å². The summed E-state index contributed by atoms with van der Waals surface area (Å²) in [6.07, 6.45) is 1.16. The maximum atomic E-state index is 5.69. The molecule has 1 aromatic rings. The zero-order valence-corrected chi connectivity index (χ0v) is 10.6. The molecule has 82 valence electrons. The molecule has 15 heavy (non-hydrogen) atoms. The molecule has 1 aliphatic rings. The van der Waals surface area contributed by atoms with Crippen molar-refractivity contribution in [2.45, 2.75) is 26.3 Å². The van der Waals surface area contributed by atoms with Crippen LogP contribution in [0.4, 0.5) is 5.82 Å². The Morgan fingerprint density at radius 2 is 2.20 bits per heavy atom. The van der Waals surface area contributed by atoms with Gasteiger partial charge in [-0.3, -0.25) is 0 Å². The van der Waals surface area contributed by atoms with Crippen LogP contribution in [0.25, 0.3) is 0 Å². The highest BCUT2D eigenvalue weighted by Gasteiger charge is 2.29. The molecule has 0 aromatic carbocycles. The van der Waals surface area contributed by atoms with Gasteiger partial charge in [0.2, 0.25) is 0 Å². The first kappa shape index (κ1) is 10.8. The lowest BCUT2D eigenvalue weighted by atomic mass is 10.0. The third-order valence-corrected chi connectivity index (χ3v) is 3.73. The summed E-state index contributed by atoms with van der Waals surface area (Å²) in [5, 5.41) is 0. The van der Waals surface area contributed by atoms with Gasteiger partial charge in [0.1, 0.15) is 11.6 Å². The average Bonchev–Trinajstić information content (AvgIpc) is 2.12. The minimum Gasteiger partial charge on any atom is -0.351 e. The SMILES string of the molecule is Cc1nc(C)c(Br)c(N2CCC2CN)n1. The van der Waals surface area contributed by atoms with Crippen LogP contribution >= 0.6 is 15.9 Å². The fourth-order valence-electron chi connectivity index (χ4n) is 1.84. The van der Waals surface area contributed by atoms with Crippen molar-refractivity contribution in [2.75, 3.05) is 18.0 Å². The van der Waals surface area contributed by atoms with Crippen molar-refractivity contribution in [3.05, 3.63) is 16.0 Å². The molecule has 0 bridgehead atoms. The monoisotopic (exact) mass is 270 g/mol. The molecule has 2 heterocycles. The molecule has 4 nitrogen and oxygen atoms in total. The molecule has 2 N–H and O–H groups in total. The van der Waals surface area contributed by atoms with E-state index in [0.717, 1.165) is 34.8 Å². The molecule has 1 saturated heterocycles. The highest BCUT2D eigenvalue weighted by molar-refractivity contribution is 9.10. The van der Waals surface area contributed by atoms with Crippen LogP contribution in [-0.4, -0.2) is 29.1 Å². The van der Waals surface area contributed by atoms with Crippen molar-refractivity contribution in [3.63, 3.8) is 0 Å². The number of aromatic nitrogens is 2. The van der Waals surface area contributed by atoms with E-state index in [1.54, 1.807) is 0 Å². The molecule has 1 atom stereocenters. The van der Waals surface area contributed by atoms with Crippen LogP contribution in [0.5, 0.6) is 0 Å². The summed E-state index contributed by atoms with van der Waals surface area (Å²) >= 11 is 3.54. The Labute approximate surface area is 98.0 Å². The summed E-state index contributed by atoms with van der Waals surface area (Å²) in [5.74, 6) is 1.80. The number of nitrogens with zero attached hydrogens (tertiary/aromatic N) is 3. The molecule has 1 fully saturated rings. The van der Waals surface area contributed by atoms with Crippen molar-refractivity contribution in [1.29, 1.82) is 0 Å². The lowest BCUT2D eigenvalue weighted by molar-refractivity contribution is 0.450. The Hall–Kier alpha value is -0.680. The molecule has 0 spiro atoms. The molecule has 2 rings (SSSR count). The summed E-state index contributed by atoms with van der Waals surface area (Å²) in [6.45, 7) is 5.63. The van der Waals surface area contributed by atoms with Gasteiger partial charge in [-0.2, -0.15) is 0 Å². The first-order valence-corrected chi connectivity index (χ1v) is 5.90. The van der Waals surface area contributed by atoms with Gasteiger partial charge in [-0.15, -0.1) is 0 Å². The molecule has 0 amide bonds.